The average Bonchev–Trinajstić information content (AvgIpc) is 2.88. The van der Waals surface area contributed by atoms with E-state index in [2.05, 4.69) is 10.4 Å². The molecule has 0 aliphatic heterocycles. The number of amides is 1. The van der Waals surface area contributed by atoms with Gasteiger partial charge in [0.1, 0.15) is 5.82 Å². The molecule has 144 valence electrons. The van der Waals surface area contributed by atoms with E-state index in [4.69, 9.17) is 5.73 Å². The van der Waals surface area contributed by atoms with Crippen molar-refractivity contribution in [1.82, 2.24) is 15.1 Å². The van der Waals surface area contributed by atoms with Crippen molar-refractivity contribution in [2.45, 2.75) is 52.5 Å². The van der Waals surface area contributed by atoms with E-state index in [9.17, 15) is 9.18 Å². The van der Waals surface area contributed by atoms with Gasteiger partial charge >= 0.3 is 0 Å². The van der Waals surface area contributed by atoms with Crippen LogP contribution in [0.1, 0.15) is 43.6 Å². The summed E-state index contributed by atoms with van der Waals surface area (Å²) in [6.45, 7) is 8.30. The zero-order chi connectivity index (χ0) is 18.6. The molecule has 0 unspecified atom stereocenters. The van der Waals surface area contributed by atoms with Gasteiger partial charge in [0.25, 0.3) is 0 Å². The van der Waals surface area contributed by atoms with Crippen LogP contribution in [0.3, 0.4) is 0 Å². The molecule has 7 heteroatoms. The van der Waals surface area contributed by atoms with Gasteiger partial charge in [-0.15, -0.1) is 12.4 Å². The molecule has 1 heterocycles. The van der Waals surface area contributed by atoms with Gasteiger partial charge in [0.05, 0.1) is 17.8 Å². The second-order valence-electron chi connectivity index (χ2n) is 6.56. The first-order chi connectivity index (χ1) is 11.8. The number of rotatable bonds is 7. The molecule has 0 saturated heterocycles. The fraction of sp³-hybridized carbons (Fsp3) is 0.474. The first-order valence-corrected chi connectivity index (χ1v) is 8.66. The maximum Gasteiger partial charge on any atom is 0.224 e. The van der Waals surface area contributed by atoms with Crippen molar-refractivity contribution >= 4 is 18.3 Å². The number of aromatic nitrogens is 2. The lowest BCUT2D eigenvalue weighted by molar-refractivity contribution is -0.120. The summed E-state index contributed by atoms with van der Waals surface area (Å²) < 4.78 is 14.8. The van der Waals surface area contributed by atoms with Crippen molar-refractivity contribution in [3.63, 3.8) is 0 Å². The SMILES string of the molecule is CCC(N)(CC)CNC(=O)Cc1c(C)nn(-c2ccc(F)cc2)c1C.Cl. The predicted molar refractivity (Wildman–Crippen MR) is 104 cm³/mol. The zero-order valence-electron chi connectivity index (χ0n) is 15.8. The lowest BCUT2D eigenvalue weighted by atomic mass is 9.94. The highest BCUT2D eigenvalue weighted by atomic mass is 35.5. The molecule has 26 heavy (non-hydrogen) atoms. The summed E-state index contributed by atoms with van der Waals surface area (Å²) in [5.74, 6) is -0.358. The molecule has 3 N–H and O–H groups in total. The van der Waals surface area contributed by atoms with Gasteiger partial charge in [0.2, 0.25) is 5.91 Å². The number of carbonyl (C=O) groups is 1. The molecule has 0 spiro atoms. The molecule has 1 aromatic carbocycles. The lowest BCUT2D eigenvalue weighted by Gasteiger charge is -2.26. The lowest BCUT2D eigenvalue weighted by Crippen LogP contribution is -2.49. The maximum absolute atomic E-state index is 13.1. The number of hydrogen-bond donors (Lipinski definition) is 2. The van der Waals surface area contributed by atoms with Crippen molar-refractivity contribution in [1.29, 1.82) is 0 Å². The van der Waals surface area contributed by atoms with E-state index in [-0.39, 0.29) is 36.1 Å². The van der Waals surface area contributed by atoms with Crippen molar-refractivity contribution in [2.75, 3.05) is 6.54 Å². The van der Waals surface area contributed by atoms with Crippen LogP contribution in [0.2, 0.25) is 0 Å². The summed E-state index contributed by atoms with van der Waals surface area (Å²) in [5.41, 5.74) is 9.19. The average molecular weight is 383 g/mol. The smallest absolute Gasteiger partial charge is 0.224 e. The molecule has 0 atom stereocenters. The highest BCUT2D eigenvalue weighted by Gasteiger charge is 2.22. The molecule has 2 rings (SSSR count). The number of hydrogen-bond acceptors (Lipinski definition) is 3. The Bertz CT molecular complexity index is 739. The van der Waals surface area contributed by atoms with Gasteiger partial charge in [-0.25, -0.2) is 9.07 Å². The standard InChI is InChI=1S/C19H27FN4O.ClH/c1-5-19(21,6-2)12-22-18(25)11-17-13(3)23-24(14(17)4)16-9-7-15(20)8-10-16;/h7-10H,5-6,11-12,21H2,1-4H3,(H,22,25);1H. The molecular formula is C19H28ClFN4O. The van der Waals surface area contributed by atoms with Crippen LogP contribution in [0.15, 0.2) is 24.3 Å². The number of benzene rings is 1. The Labute approximate surface area is 160 Å². The fourth-order valence-corrected chi connectivity index (χ4v) is 2.76. The van der Waals surface area contributed by atoms with Crippen LogP contribution < -0.4 is 11.1 Å². The molecule has 0 aliphatic rings. The first-order valence-electron chi connectivity index (χ1n) is 8.66. The Hall–Kier alpha value is -1.92. The Morgan fingerprint density at radius 3 is 2.35 bits per heavy atom. The molecule has 0 fully saturated rings. The van der Waals surface area contributed by atoms with Gasteiger partial charge in [0, 0.05) is 23.3 Å². The van der Waals surface area contributed by atoms with Crippen molar-refractivity contribution in [2.24, 2.45) is 5.73 Å². The topological polar surface area (TPSA) is 72.9 Å². The minimum absolute atomic E-state index is 0. The summed E-state index contributed by atoms with van der Waals surface area (Å²) in [4.78, 5) is 12.3. The Morgan fingerprint density at radius 1 is 1.23 bits per heavy atom. The summed E-state index contributed by atoms with van der Waals surface area (Å²) in [6.07, 6.45) is 1.87. The molecular weight excluding hydrogens is 355 g/mol. The van der Waals surface area contributed by atoms with Gasteiger partial charge in [-0.3, -0.25) is 4.79 Å². The third kappa shape index (κ3) is 5.05. The highest BCUT2D eigenvalue weighted by Crippen LogP contribution is 2.19. The van der Waals surface area contributed by atoms with Crippen molar-refractivity contribution in [3.05, 3.63) is 47.0 Å². The molecule has 0 saturated carbocycles. The molecule has 0 aliphatic carbocycles. The van der Waals surface area contributed by atoms with Gasteiger partial charge in [-0.05, 0) is 51.0 Å². The van der Waals surface area contributed by atoms with Crippen molar-refractivity contribution in [3.8, 4) is 5.69 Å². The van der Waals surface area contributed by atoms with E-state index in [0.29, 0.717) is 6.54 Å². The van der Waals surface area contributed by atoms with Crippen LogP contribution in [0.5, 0.6) is 0 Å². The Balaban J connectivity index is 0.00000338. The monoisotopic (exact) mass is 382 g/mol. The number of carbonyl (C=O) groups excluding carboxylic acids is 1. The fourth-order valence-electron chi connectivity index (χ4n) is 2.76. The molecule has 1 aromatic heterocycles. The second-order valence-corrected chi connectivity index (χ2v) is 6.56. The normalized spacial score (nSPS) is 11.2. The number of nitrogens with two attached hydrogens (primary N) is 1. The van der Waals surface area contributed by atoms with E-state index in [1.165, 1.54) is 12.1 Å². The third-order valence-electron chi connectivity index (χ3n) is 4.90. The number of nitrogens with zero attached hydrogens (tertiary/aromatic N) is 2. The largest absolute Gasteiger partial charge is 0.354 e. The molecule has 2 aromatic rings. The number of nitrogens with one attached hydrogen (secondary N) is 1. The minimum atomic E-state index is -0.363. The second kappa shape index (κ2) is 9.14. The van der Waals surface area contributed by atoms with E-state index >= 15 is 0 Å². The van der Waals surface area contributed by atoms with E-state index in [1.54, 1.807) is 16.8 Å². The summed E-state index contributed by atoms with van der Waals surface area (Å²) in [6, 6.07) is 6.14. The Morgan fingerprint density at radius 2 is 1.81 bits per heavy atom. The zero-order valence-corrected chi connectivity index (χ0v) is 16.6. The first kappa shape index (κ1) is 22.1. The summed E-state index contributed by atoms with van der Waals surface area (Å²) in [7, 11) is 0. The van der Waals surface area contributed by atoms with Crippen LogP contribution in [0.25, 0.3) is 5.69 Å². The van der Waals surface area contributed by atoms with Gasteiger partial charge in [-0.2, -0.15) is 5.10 Å². The van der Waals surface area contributed by atoms with Crippen LogP contribution in [0.4, 0.5) is 4.39 Å². The third-order valence-corrected chi connectivity index (χ3v) is 4.90. The summed E-state index contributed by atoms with van der Waals surface area (Å²) in [5, 5.41) is 7.43. The van der Waals surface area contributed by atoms with Crippen LogP contribution in [-0.2, 0) is 11.2 Å². The predicted octanol–water partition coefficient (Wildman–Crippen LogP) is 3.23. The molecule has 5 nitrogen and oxygen atoms in total. The van der Waals surface area contributed by atoms with E-state index in [0.717, 1.165) is 35.5 Å². The highest BCUT2D eigenvalue weighted by molar-refractivity contribution is 5.85. The van der Waals surface area contributed by atoms with Crippen molar-refractivity contribution < 1.29 is 9.18 Å². The van der Waals surface area contributed by atoms with E-state index < -0.39 is 0 Å². The van der Waals surface area contributed by atoms with Gasteiger partial charge < -0.3 is 11.1 Å². The maximum atomic E-state index is 13.1. The number of halogens is 2. The quantitative estimate of drug-likeness (QED) is 0.772. The van der Waals surface area contributed by atoms with Crippen LogP contribution >= 0.6 is 12.4 Å². The molecule has 0 radical (unpaired) electrons. The minimum Gasteiger partial charge on any atom is -0.354 e. The number of aryl methyl sites for hydroxylation is 1. The van der Waals surface area contributed by atoms with Crippen LogP contribution in [0, 0.1) is 19.7 Å². The molecule has 1 amide bonds. The molecule has 0 bridgehead atoms. The van der Waals surface area contributed by atoms with Gasteiger partial charge in [-0.1, -0.05) is 13.8 Å². The van der Waals surface area contributed by atoms with Gasteiger partial charge in [0.15, 0.2) is 0 Å². The summed E-state index contributed by atoms with van der Waals surface area (Å²) >= 11 is 0. The van der Waals surface area contributed by atoms with Crippen LogP contribution in [-0.4, -0.2) is 27.8 Å². The Kier molecular flexibility index (Phi) is 7.78. The van der Waals surface area contributed by atoms with E-state index in [1.807, 2.05) is 27.7 Å².